The third-order valence-electron chi connectivity index (χ3n) is 2.50. The molecular weight excluding hydrogens is 321 g/mol. The summed E-state index contributed by atoms with van der Waals surface area (Å²) in [6.45, 7) is 0. The van der Waals surface area contributed by atoms with E-state index in [9.17, 15) is 20.0 Å². The van der Waals surface area contributed by atoms with Crippen LogP contribution < -0.4 is 5.32 Å². The quantitative estimate of drug-likeness (QED) is 0.389. The number of halogens is 2. The van der Waals surface area contributed by atoms with Crippen molar-refractivity contribution in [2.45, 2.75) is 0 Å². The van der Waals surface area contributed by atoms with Gasteiger partial charge in [-0.25, -0.2) is 4.98 Å². The Morgan fingerprint density at radius 1 is 1.29 bits per heavy atom. The minimum absolute atomic E-state index is 0.0203. The van der Waals surface area contributed by atoms with Gasteiger partial charge in [0.25, 0.3) is 11.6 Å². The van der Waals surface area contributed by atoms with E-state index >= 15 is 0 Å². The molecule has 0 fully saturated rings. The maximum absolute atomic E-state index is 12.0. The van der Waals surface area contributed by atoms with Crippen LogP contribution in [0.25, 0.3) is 0 Å². The summed E-state index contributed by atoms with van der Waals surface area (Å²) in [4.78, 5) is 25.8. The molecule has 0 unspecified atom stereocenters. The van der Waals surface area contributed by atoms with Crippen LogP contribution in [0.2, 0.25) is 10.3 Å². The summed E-state index contributed by atoms with van der Waals surface area (Å²) in [6.07, 6.45) is 0. The molecular formula is C12H7Cl2N3O4. The molecule has 0 aliphatic heterocycles. The summed E-state index contributed by atoms with van der Waals surface area (Å²) in [5, 5.41) is 22.6. The maximum Gasteiger partial charge on any atom is 0.271 e. The summed E-state index contributed by atoms with van der Waals surface area (Å²) in [6, 6.07) is 5.97. The van der Waals surface area contributed by atoms with Gasteiger partial charge in [-0.3, -0.25) is 14.9 Å². The molecule has 108 valence electrons. The average Bonchev–Trinajstić information content (AvgIpc) is 2.40. The van der Waals surface area contributed by atoms with E-state index in [4.69, 9.17) is 23.2 Å². The van der Waals surface area contributed by atoms with Crippen molar-refractivity contribution >= 4 is 40.5 Å². The number of carbonyl (C=O) groups is 1. The molecule has 0 radical (unpaired) electrons. The number of anilines is 1. The number of nitrogens with zero attached hydrogens (tertiary/aromatic N) is 2. The normalized spacial score (nSPS) is 10.2. The van der Waals surface area contributed by atoms with Crippen LogP contribution in [-0.4, -0.2) is 20.9 Å². The summed E-state index contributed by atoms with van der Waals surface area (Å²) >= 11 is 11.4. The van der Waals surface area contributed by atoms with Crippen LogP contribution in [0.3, 0.4) is 0 Å². The highest BCUT2D eigenvalue weighted by molar-refractivity contribution is 6.35. The second-order valence-electron chi connectivity index (χ2n) is 3.89. The van der Waals surface area contributed by atoms with Crippen LogP contribution in [0.15, 0.2) is 30.3 Å². The SMILES string of the molecule is O=C(Nc1cc([N+](=O)[O-])ccc1O)c1ccc(Cl)nc1Cl. The van der Waals surface area contributed by atoms with Crippen molar-refractivity contribution in [3.8, 4) is 5.75 Å². The Balaban J connectivity index is 2.31. The zero-order chi connectivity index (χ0) is 15.6. The first-order valence-electron chi connectivity index (χ1n) is 5.49. The van der Waals surface area contributed by atoms with Crippen LogP contribution in [0, 0.1) is 10.1 Å². The molecule has 2 rings (SSSR count). The van der Waals surface area contributed by atoms with Gasteiger partial charge in [-0.1, -0.05) is 23.2 Å². The minimum atomic E-state index is -0.681. The van der Waals surface area contributed by atoms with E-state index in [1.807, 2.05) is 0 Å². The van der Waals surface area contributed by atoms with E-state index < -0.39 is 10.8 Å². The lowest BCUT2D eigenvalue weighted by Gasteiger charge is -2.08. The van der Waals surface area contributed by atoms with Gasteiger partial charge in [0.1, 0.15) is 16.1 Å². The fraction of sp³-hybridized carbons (Fsp3) is 0. The number of nitro groups is 1. The fourth-order valence-electron chi connectivity index (χ4n) is 1.51. The first kappa shape index (κ1) is 15.0. The number of phenols is 1. The van der Waals surface area contributed by atoms with Crippen LogP contribution in [-0.2, 0) is 0 Å². The first-order valence-corrected chi connectivity index (χ1v) is 6.25. The molecule has 1 aromatic carbocycles. The van der Waals surface area contributed by atoms with Crippen LogP contribution in [0.4, 0.5) is 11.4 Å². The molecule has 0 spiro atoms. The Morgan fingerprint density at radius 2 is 2.00 bits per heavy atom. The third-order valence-corrected chi connectivity index (χ3v) is 3.00. The number of nitrogens with one attached hydrogen (secondary N) is 1. The van der Waals surface area contributed by atoms with Gasteiger partial charge in [-0.2, -0.15) is 0 Å². The van der Waals surface area contributed by atoms with E-state index in [-0.39, 0.29) is 33.0 Å². The Bertz CT molecular complexity index is 736. The lowest BCUT2D eigenvalue weighted by molar-refractivity contribution is -0.384. The second-order valence-corrected chi connectivity index (χ2v) is 4.63. The molecule has 2 aromatic rings. The molecule has 1 heterocycles. The van der Waals surface area contributed by atoms with Gasteiger partial charge in [0.15, 0.2) is 0 Å². The van der Waals surface area contributed by atoms with Gasteiger partial charge in [-0.15, -0.1) is 0 Å². The van der Waals surface area contributed by atoms with Gasteiger partial charge >= 0.3 is 0 Å². The van der Waals surface area contributed by atoms with Crippen molar-refractivity contribution in [2.75, 3.05) is 5.32 Å². The van der Waals surface area contributed by atoms with E-state index in [1.54, 1.807) is 0 Å². The number of non-ortho nitro benzene ring substituents is 1. The number of phenolic OH excluding ortho intramolecular Hbond substituents is 1. The van der Waals surface area contributed by atoms with Crippen molar-refractivity contribution in [3.05, 3.63) is 56.3 Å². The predicted molar refractivity (Wildman–Crippen MR) is 77.0 cm³/mol. The Morgan fingerprint density at radius 3 is 2.62 bits per heavy atom. The minimum Gasteiger partial charge on any atom is -0.506 e. The van der Waals surface area contributed by atoms with E-state index in [0.29, 0.717) is 0 Å². The summed E-state index contributed by atoms with van der Waals surface area (Å²) in [5.41, 5.74) is -0.365. The second kappa shape index (κ2) is 5.94. The van der Waals surface area contributed by atoms with Gasteiger partial charge in [0.2, 0.25) is 0 Å². The maximum atomic E-state index is 12.0. The molecule has 1 aromatic heterocycles. The molecule has 0 saturated heterocycles. The number of aromatic nitrogens is 1. The topological polar surface area (TPSA) is 105 Å². The first-order chi connectivity index (χ1) is 9.88. The summed E-state index contributed by atoms with van der Waals surface area (Å²) in [7, 11) is 0. The lowest BCUT2D eigenvalue weighted by Crippen LogP contribution is -2.13. The zero-order valence-corrected chi connectivity index (χ0v) is 11.7. The highest BCUT2D eigenvalue weighted by Gasteiger charge is 2.16. The van der Waals surface area contributed by atoms with Crippen molar-refractivity contribution in [1.82, 2.24) is 4.98 Å². The van der Waals surface area contributed by atoms with Gasteiger partial charge in [-0.05, 0) is 18.2 Å². The van der Waals surface area contributed by atoms with Crippen molar-refractivity contribution < 1.29 is 14.8 Å². The highest BCUT2D eigenvalue weighted by Crippen LogP contribution is 2.28. The monoisotopic (exact) mass is 327 g/mol. The Kier molecular flexibility index (Phi) is 4.25. The molecule has 0 bridgehead atoms. The zero-order valence-electron chi connectivity index (χ0n) is 10.2. The summed E-state index contributed by atoms with van der Waals surface area (Å²) in [5.74, 6) is -0.994. The largest absolute Gasteiger partial charge is 0.506 e. The molecule has 0 saturated carbocycles. The van der Waals surface area contributed by atoms with E-state index in [1.165, 1.54) is 12.1 Å². The number of amides is 1. The fourth-order valence-corrected chi connectivity index (χ4v) is 1.94. The van der Waals surface area contributed by atoms with Gasteiger partial charge < -0.3 is 10.4 Å². The number of nitro benzene ring substituents is 1. The standard InChI is InChI=1S/C12H7Cl2N3O4/c13-10-4-2-7(11(14)16-10)12(19)15-8-5-6(17(20)21)1-3-9(8)18/h1-5,18H,(H,15,19). The number of hydrogen-bond donors (Lipinski definition) is 2. The lowest BCUT2D eigenvalue weighted by atomic mass is 10.2. The number of rotatable bonds is 3. The molecule has 1 amide bonds. The summed E-state index contributed by atoms with van der Waals surface area (Å²) < 4.78 is 0. The number of aromatic hydroxyl groups is 1. The van der Waals surface area contributed by atoms with Crippen molar-refractivity contribution in [3.63, 3.8) is 0 Å². The molecule has 2 N–H and O–H groups in total. The van der Waals surface area contributed by atoms with E-state index in [2.05, 4.69) is 10.3 Å². The molecule has 7 nitrogen and oxygen atoms in total. The molecule has 0 aliphatic carbocycles. The third kappa shape index (κ3) is 3.39. The van der Waals surface area contributed by atoms with Crippen molar-refractivity contribution in [2.24, 2.45) is 0 Å². The number of pyridine rings is 1. The molecule has 0 aliphatic rings. The van der Waals surface area contributed by atoms with Crippen LogP contribution >= 0.6 is 23.2 Å². The number of carbonyl (C=O) groups excluding carboxylic acids is 1. The van der Waals surface area contributed by atoms with Crippen molar-refractivity contribution in [1.29, 1.82) is 0 Å². The number of benzene rings is 1. The Hall–Kier alpha value is -2.38. The Labute approximate surface area is 128 Å². The molecule has 21 heavy (non-hydrogen) atoms. The average molecular weight is 328 g/mol. The van der Waals surface area contributed by atoms with Crippen LogP contribution in [0.1, 0.15) is 10.4 Å². The van der Waals surface area contributed by atoms with Gasteiger partial charge in [0.05, 0.1) is 16.2 Å². The molecule has 0 atom stereocenters. The molecule has 9 heteroatoms. The highest BCUT2D eigenvalue weighted by atomic mass is 35.5. The van der Waals surface area contributed by atoms with E-state index in [0.717, 1.165) is 18.2 Å². The van der Waals surface area contributed by atoms with Gasteiger partial charge in [0, 0.05) is 12.1 Å². The van der Waals surface area contributed by atoms with Crippen LogP contribution in [0.5, 0.6) is 5.75 Å². The number of hydrogen-bond acceptors (Lipinski definition) is 5. The predicted octanol–water partition coefficient (Wildman–Crippen LogP) is 3.25. The smallest absolute Gasteiger partial charge is 0.271 e.